The van der Waals surface area contributed by atoms with Crippen molar-refractivity contribution in [2.45, 2.75) is 57.1 Å². The Morgan fingerprint density at radius 2 is 1.89 bits per heavy atom. The maximum absolute atomic E-state index is 12.4. The summed E-state index contributed by atoms with van der Waals surface area (Å²) >= 11 is 0. The largest absolute Gasteiger partial charge is 0.459 e. The van der Waals surface area contributed by atoms with Crippen LogP contribution in [0.1, 0.15) is 66.2 Å². The minimum absolute atomic E-state index is 0.0449. The predicted molar refractivity (Wildman–Crippen MR) is 105 cm³/mol. The van der Waals surface area contributed by atoms with Crippen molar-refractivity contribution in [1.82, 2.24) is 15.1 Å². The Bertz CT molecular complexity index is 836. The van der Waals surface area contributed by atoms with E-state index in [0.29, 0.717) is 23.7 Å². The lowest BCUT2D eigenvalue weighted by atomic mass is 10.2. The molecular formula is C21H26N4O3. The fourth-order valence-electron chi connectivity index (χ4n) is 3.51. The third-order valence-electron chi connectivity index (χ3n) is 5.35. The van der Waals surface area contributed by atoms with Gasteiger partial charge in [0.25, 0.3) is 0 Å². The van der Waals surface area contributed by atoms with Crippen molar-refractivity contribution in [2.75, 3.05) is 12.4 Å². The first kappa shape index (κ1) is 18.5. The second-order valence-electron chi connectivity index (χ2n) is 7.77. The van der Waals surface area contributed by atoms with Gasteiger partial charge in [-0.25, -0.2) is 9.59 Å². The molecule has 148 valence electrons. The number of H-pyrrole nitrogens is 1. The normalized spacial score (nSPS) is 16.8. The smallest absolute Gasteiger partial charge is 0.338 e. The van der Waals surface area contributed by atoms with Gasteiger partial charge in [0.1, 0.15) is 6.10 Å². The van der Waals surface area contributed by atoms with E-state index in [4.69, 9.17) is 4.74 Å². The Kier molecular flexibility index (Phi) is 5.32. The Balaban J connectivity index is 1.28. The molecule has 2 amide bonds. The number of anilines is 1. The van der Waals surface area contributed by atoms with Crippen LogP contribution < -0.4 is 5.32 Å². The molecule has 1 aromatic heterocycles. The predicted octanol–water partition coefficient (Wildman–Crippen LogP) is 4.05. The third-order valence-corrected chi connectivity index (χ3v) is 5.35. The molecular weight excluding hydrogens is 356 g/mol. The van der Waals surface area contributed by atoms with Crippen molar-refractivity contribution < 1.29 is 14.3 Å². The fraction of sp³-hybridized carbons (Fsp3) is 0.476. The van der Waals surface area contributed by atoms with Gasteiger partial charge in [-0.15, -0.1) is 0 Å². The first-order valence-electron chi connectivity index (χ1n) is 9.96. The van der Waals surface area contributed by atoms with Gasteiger partial charge in [0.15, 0.2) is 0 Å². The molecule has 0 radical (unpaired) electrons. The topological polar surface area (TPSA) is 87.3 Å². The molecule has 2 saturated carbocycles. The summed E-state index contributed by atoms with van der Waals surface area (Å²) in [7, 11) is 1.74. The van der Waals surface area contributed by atoms with Gasteiger partial charge in [-0.2, -0.15) is 5.10 Å². The first-order chi connectivity index (χ1) is 13.6. The summed E-state index contributed by atoms with van der Waals surface area (Å²) in [6.45, 7) is 0.456. The number of hydrogen-bond donors (Lipinski definition) is 2. The van der Waals surface area contributed by atoms with Crippen LogP contribution in [0.5, 0.6) is 0 Å². The highest BCUT2D eigenvalue weighted by atomic mass is 16.5. The highest BCUT2D eigenvalue weighted by Gasteiger charge is 2.26. The Morgan fingerprint density at radius 3 is 2.57 bits per heavy atom. The molecule has 2 aromatic rings. The number of amides is 2. The van der Waals surface area contributed by atoms with Gasteiger partial charge >= 0.3 is 12.0 Å². The summed E-state index contributed by atoms with van der Waals surface area (Å²) in [5, 5.41) is 10.2. The summed E-state index contributed by atoms with van der Waals surface area (Å²) < 4.78 is 5.50. The van der Waals surface area contributed by atoms with E-state index in [2.05, 4.69) is 15.5 Å². The van der Waals surface area contributed by atoms with Gasteiger partial charge in [0.05, 0.1) is 23.5 Å². The lowest BCUT2D eigenvalue weighted by molar-refractivity contribution is 0.0318. The Morgan fingerprint density at radius 1 is 1.18 bits per heavy atom. The summed E-state index contributed by atoms with van der Waals surface area (Å²) in [4.78, 5) is 26.2. The average molecular weight is 382 g/mol. The van der Waals surface area contributed by atoms with Crippen molar-refractivity contribution in [3.63, 3.8) is 0 Å². The first-order valence-corrected chi connectivity index (χ1v) is 9.96. The molecule has 4 rings (SSSR count). The molecule has 0 bridgehead atoms. The number of benzene rings is 1. The van der Waals surface area contributed by atoms with Crippen molar-refractivity contribution in [1.29, 1.82) is 0 Å². The summed E-state index contributed by atoms with van der Waals surface area (Å²) in [5.41, 5.74) is 3.15. The number of esters is 1. The number of rotatable bonds is 6. The summed E-state index contributed by atoms with van der Waals surface area (Å²) in [5.74, 6) is 0.288. The van der Waals surface area contributed by atoms with E-state index in [1.165, 1.54) is 12.8 Å². The van der Waals surface area contributed by atoms with Gasteiger partial charge in [-0.3, -0.25) is 5.10 Å². The van der Waals surface area contributed by atoms with Crippen LogP contribution in [-0.2, 0) is 11.3 Å². The van der Waals surface area contributed by atoms with E-state index in [1.807, 2.05) is 6.07 Å². The zero-order valence-electron chi connectivity index (χ0n) is 16.1. The molecule has 2 aliphatic rings. The van der Waals surface area contributed by atoms with Crippen LogP contribution >= 0.6 is 0 Å². The SMILES string of the molecule is CN(Cc1cc(C2CC2)n[nH]1)C(=O)Nc1ccc(C(=O)OC2CCCC2)cc1. The summed E-state index contributed by atoms with van der Waals surface area (Å²) in [6, 6.07) is 8.62. The highest BCUT2D eigenvalue weighted by molar-refractivity contribution is 5.92. The van der Waals surface area contributed by atoms with Gasteiger partial charge < -0.3 is 15.0 Å². The monoisotopic (exact) mass is 382 g/mol. The van der Waals surface area contributed by atoms with Crippen LogP contribution in [0.2, 0.25) is 0 Å². The number of aromatic amines is 1. The second kappa shape index (κ2) is 8.04. The van der Waals surface area contributed by atoms with Gasteiger partial charge in [0.2, 0.25) is 0 Å². The molecule has 0 unspecified atom stereocenters. The minimum atomic E-state index is -0.299. The van der Waals surface area contributed by atoms with Gasteiger partial charge in [0, 0.05) is 18.7 Å². The maximum atomic E-state index is 12.4. The molecule has 1 aromatic carbocycles. The van der Waals surface area contributed by atoms with Crippen LogP contribution in [0.25, 0.3) is 0 Å². The van der Waals surface area contributed by atoms with Crippen LogP contribution in [0.15, 0.2) is 30.3 Å². The fourth-order valence-corrected chi connectivity index (χ4v) is 3.51. The Labute approximate surface area is 164 Å². The molecule has 0 atom stereocenters. The molecule has 1 heterocycles. The van der Waals surface area contributed by atoms with Gasteiger partial charge in [-0.05, 0) is 68.9 Å². The second-order valence-corrected chi connectivity index (χ2v) is 7.77. The highest BCUT2D eigenvalue weighted by Crippen LogP contribution is 2.39. The van der Waals surface area contributed by atoms with E-state index in [0.717, 1.165) is 37.1 Å². The lowest BCUT2D eigenvalue weighted by Crippen LogP contribution is -2.31. The number of nitrogens with zero attached hydrogens (tertiary/aromatic N) is 2. The third kappa shape index (κ3) is 4.52. The molecule has 0 spiro atoms. The van der Waals surface area contributed by atoms with Crippen LogP contribution in [-0.4, -0.2) is 40.2 Å². The zero-order valence-corrected chi connectivity index (χ0v) is 16.1. The van der Waals surface area contributed by atoms with Crippen LogP contribution in [0.3, 0.4) is 0 Å². The van der Waals surface area contributed by atoms with E-state index in [9.17, 15) is 9.59 Å². The number of urea groups is 1. The summed E-state index contributed by atoms with van der Waals surface area (Å²) in [6.07, 6.45) is 6.59. The van der Waals surface area contributed by atoms with Crippen molar-refractivity contribution in [2.24, 2.45) is 0 Å². The molecule has 2 aliphatic carbocycles. The number of carbonyl (C=O) groups excluding carboxylic acids is 2. The minimum Gasteiger partial charge on any atom is -0.459 e. The maximum Gasteiger partial charge on any atom is 0.338 e. The number of ether oxygens (including phenoxy) is 1. The standard InChI is InChI=1S/C21H26N4O3/c1-25(13-17-12-19(24-23-17)14-6-7-14)21(27)22-16-10-8-15(9-11-16)20(26)28-18-4-2-3-5-18/h8-12,14,18H,2-7,13H2,1H3,(H,22,27)(H,23,24). The van der Waals surface area contributed by atoms with Crippen LogP contribution in [0.4, 0.5) is 10.5 Å². The number of hydrogen-bond acceptors (Lipinski definition) is 4. The molecule has 2 fully saturated rings. The van der Waals surface area contributed by atoms with Gasteiger partial charge in [-0.1, -0.05) is 0 Å². The average Bonchev–Trinajstić information content (AvgIpc) is 3.21. The molecule has 28 heavy (non-hydrogen) atoms. The van der Waals surface area contributed by atoms with Crippen molar-refractivity contribution in [3.8, 4) is 0 Å². The van der Waals surface area contributed by atoms with E-state index < -0.39 is 0 Å². The van der Waals surface area contributed by atoms with Crippen molar-refractivity contribution >= 4 is 17.7 Å². The van der Waals surface area contributed by atoms with Crippen molar-refractivity contribution in [3.05, 3.63) is 47.3 Å². The molecule has 2 N–H and O–H groups in total. The number of aromatic nitrogens is 2. The van der Waals surface area contributed by atoms with E-state index in [-0.39, 0.29) is 18.1 Å². The van der Waals surface area contributed by atoms with Crippen LogP contribution in [0, 0.1) is 0 Å². The quantitative estimate of drug-likeness (QED) is 0.738. The molecule has 0 aliphatic heterocycles. The Hall–Kier alpha value is -2.83. The van der Waals surface area contributed by atoms with E-state index >= 15 is 0 Å². The molecule has 7 heteroatoms. The lowest BCUT2D eigenvalue weighted by Gasteiger charge is -2.17. The zero-order chi connectivity index (χ0) is 19.5. The number of carbonyl (C=O) groups is 2. The van der Waals surface area contributed by atoms with E-state index in [1.54, 1.807) is 36.2 Å². The molecule has 0 saturated heterocycles. The number of nitrogens with one attached hydrogen (secondary N) is 2. The molecule has 7 nitrogen and oxygen atoms in total.